The van der Waals surface area contributed by atoms with E-state index in [0.717, 1.165) is 18.4 Å². The van der Waals surface area contributed by atoms with E-state index in [9.17, 15) is 9.59 Å². The lowest BCUT2D eigenvalue weighted by Crippen LogP contribution is -2.47. The van der Waals surface area contributed by atoms with Gasteiger partial charge in [-0.25, -0.2) is 0 Å². The number of methoxy groups -OCH3 is 2. The predicted molar refractivity (Wildman–Crippen MR) is 125 cm³/mol. The van der Waals surface area contributed by atoms with E-state index in [-0.39, 0.29) is 23.3 Å². The Morgan fingerprint density at radius 3 is 2.16 bits per heavy atom. The fraction of sp³-hybridized carbons (Fsp3) is 0.462. The largest absolute Gasteiger partial charge is 0.493 e. The van der Waals surface area contributed by atoms with Gasteiger partial charge in [0.1, 0.15) is 0 Å². The summed E-state index contributed by atoms with van der Waals surface area (Å²) in [5.74, 6) is 1.29. The number of nitrogens with one attached hydrogen (secondary N) is 1. The number of hydrogen-bond acceptors (Lipinski definition) is 4. The van der Waals surface area contributed by atoms with Crippen LogP contribution in [0.2, 0.25) is 0 Å². The van der Waals surface area contributed by atoms with Gasteiger partial charge in [0.2, 0.25) is 5.91 Å². The quantitative estimate of drug-likeness (QED) is 0.741. The summed E-state index contributed by atoms with van der Waals surface area (Å²) in [5.41, 5.74) is 2.83. The number of likely N-dealkylation sites (tertiary alicyclic amines) is 1. The number of piperidine rings is 1. The molecular weight excluding hydrogens is 404 g/mol. The number of carbonyl (C=O) groups excluding carboxylic acids is 2. The molecule has 0 atom stereocenters. The fourth-order valence-electron chi connectivity index (χ4n) is 3.94. The second-order valence-electron chi connectivity index (χ2n) is 9.32. The molecule has 6 heteroatoms. The van der Waals surface area contributed by atoms with Gasteiger partial charge in [0.15, 0.2) is 11.5 Å². The van der Waals surface area contributed by atoms with Crippen LogP contribution in [0.3, 0.4) is 0 Å². The topological polar surface area (TPSA) is 67.9 Å². The summed E-state index contributed by atoms with van der Waals surface area (Å²) in [5, 5.41) is 3.12. The summed E-state index contributed by atoms with van der Waals surface area (Å²) in [6.45, 7) is 7.74. The van der Waals surface area contributed by atoms with Crippen molar-refractivity contribution in [2.24, 2.45) is 0 Å². The van der Waals surface area contributed by atoms with E-state index in [2.05, 4.69) is 26.1 Å². The molecular formula is C26H34N2O4. The Balaban J connectivity index is 1.50. The van der Waals surface area contributed by atoms with Crippen molar-refractivity contribution in [1.29, 1.82) is 0 Å². The highest BCUT2D eigenvalue weighted by Gasteiger charge is 2.24. The lowest BCUT2D eigenvalue weighted by Gasteiger charge is -2.32. The molecule has 1 aliphatic heterocycles. The molecule has 1 heterocycles. The van der Waals surface area contributed by atoms with Crippen LogP contribution < -0.4 is 14.8 Å². The molecule has 1 fully saturated rings. The van der Waals surface area contributed by atoms with Crippen molar-refractivity contribution in [2.75, 3.05) is 27.3 Å². The van der Waals surface area contributed by atoms with Gasteiger partial charge in [-0.05, 0) is 53.6 Å². The van der Waals surface area contributed by atoms with Crippen molar-refractivity contribution in [3.63, 3.8) is 0 Å². The van der Waals surface area contributed by atoms with Crippen LogP contribution in [0.15, 0.2) is 42.5 Å². The smallest absolute Gasteiger partial charge is 0.251 e. The maximum absolute atomic E-state index is 12.8. The third-order valence-corrected chi connectivity index (χ3v) is 6.00. The minimum absolute atomic E-state index is 0.0550. The standard InChI is InChI=1S/C26H34N2O4/c1-26(2,3)20-9-7-19(8-10-20)25(30)27-21-12-14-28(15-13-21)24(29)17-18-6-11-22(31-4)23(16-18)32-5/h6-11,16,21H,12-15,17H2,1-5H3,(H,27,30). The first kappa shape index (κ1) is 23.6. The number of benzene rings is 2. The van der Waals surface area contributed by atoms with Gasteiger partial charge in [0.25, 0.3) is 5.91 Å². The van der Waals surface area contributed by atoms with E-state index >= 15 is 0 Å². The van der Waals surface area contributed by atoms with E-state index in [0.29, 0.717) is 36.6 Å². The third kappa shape index (κ3) is 5.81. The SMILES string of the molecule is COc1ccc(CC(=O)N2CCC(NC(=O)c3ccc(C(C)(C)C)cc3)CC2)cc1OC. The average Bonchev–Trinajstić information content (AvgIpc) is 2.78. The molecule has 2 aromatic rings. The van der Waals surface area contributed by atoms with Gasteiger partial charge in [-0.1, -0.05) is 39.0 Å². The lowest BCUT2D eigenvalue weighted by atomic mass is 9.86. The second-order valence-corrected chi connectivity index (χ2v) is 9.32. The zero-order valence-corrected chi connectivity index (χ0v) is 19.7. The predicted octanol–water partition coefficient (Wildman–Crippen LogP) is 3.96. The number of carbonyl (C=O) groups is 2. The molecule has 32 heavy (non-hydrogen) atoms. The Kier molecular flexibility index (Phi) is 7.44. The molecule has 6 nitrogen and oxygen atoms in total. The van der Waals surface area contributed by atoms with Crippen LogP contribution in [0.25, 0.3) is 0 Å². The lowest BCUT2D eigenvalue weighted by molar-refractivity contribution is -0.131. The molecule has 1 aliphatic rings. The van der Waals surface area contributed by atoms with E-state index in [1.807, 2.05) is 47.4 Å². The number of nitrogens with zero attached hydrogens (tertiary/aromatic N) is 1. The molecule has 1 saturated heterocycles. The van der Waals surface area contributed by atoms with Crippen LogP contribution in [0.4, 0.5) is 0 Å². The maximum Gasteiger partial charge on any atom is 0.251 e. The molecule has 0 aromatic heterocycles. The second kappa shape index (κ2) is 10.1. The van der Waals surface area contributed by atoms with Gasteiger partial charge in [-0.15, -0.1) is 0 Å². The molecule has 0 unspecified atom stereocenters. The summed E-state index contributed by atoms with van der Waals surface area (Å²) in [4.78, 5) is 27.3. The Bertz CT molecular complexity index is 939. The van der Waals surface area contributed by atoms with Crippen LogP contribution in [-0.2, 0) is 16.6 Å². The number of ether oxygens (including phenoxy) is 2. The first-order chi connectivity index (χ1) is 15.2. The zero-order valence-electron chi connectivity index (χ0n) is 19.7. The normalized spacial score (nSPS) is 14.7. The Labute approximate surface area is 190 Å². The average molecular weight is 439 g/mol. The van der Waals surface area contributed by atoms with Crippen molar-refractivity contribution in [2.45, 2.75) is 51.5 Å². The van der Waals surface area contributed by atoms with Crippen molar-refractivity contribution in [3.05, 3.63) is 59.2 Å². The Morgan fingerprint density at radius 1 is 0.969 bits per heavy atom. The first-order valence-electron chi connectivity index (χ1n) is 11.1. The summed E-state index contributed by atoms with van der Waals surface area (Å²) in [7, 11) is 3.17. The molecule has 0 spiro atoms. The highest BCUT2D eigenvalue weighted by atomic mass is 16.5. The minimum atomic E-state index is -0.0550. The highest BCUT2D eigenvalue weighted by Crippen LogP contribution is 2.28. The first-order valence-corrected chi connectivity index (χ1v) is 11.1. The van der Waals surface area contributed by atoms with Gasteiger partial charge in [0, 0.05) is 24.7 Å². The molecule has 3 rings (SSSR count). The zero-order chi connectivity index (χ0) is 23.3. The molecule has 1 N–H and O–H groups in total. The van der Waals surface area contributed by atoms with Gasteiger partial charge in [-0.2, -0.15) is 0 Å². The summed E-state index contributed by atoms with van der Waals surface area (Å²) >= 11 is 0. The van der Waals surface area contributed by atoms with E-state index in [4.69, 9.17) is 9.47 Å². The number of hydrogen-bond donors (Lipinski definition) is 1. The van der Waals surface area contributed by atoms with Crippen LogP contribution >= 0.6 is 0 Å². The van der Waals surface area contributed by atoms with Gasteiger partial charge >= 0.3 is 0 Å². The van der Waals surface area contributed by atoms with Crippen LogP contribution in [0, 0.1) is 0 Å². The molecule has 2 amide bonds. The Hall–Kier alpha value is -3.02. The molecule has 0 saturated carbocycles. The number of rotatable bonds is 6. The van der Waals surface area contributed by atoms with E-state index in [1.165, 1.54) is 5.56 Å². The van der Waals surface area contributed by atoms with Crippen LogP contribution in [0.1, 0.15) is 55.1 Å². The molecule has 0 radical (unpaired) electrons. The van der Waals surface area contributed by atoms with Gasteiger partial charge in [-0.3, -0.25) is 9.59 Å². The molecule has 172 valence electrons. The van der Waals surface area contributed by atoms with Crippen molar-refractivity contribution < 1.29 is 19.1 Å². The van der Waals surface area contributed by atoms with Crippen LogP contribution in [0.5, 0.6) is 11.5 Å². The van der Waals surface area contributed by atoms with Crippen LogP contribution in [-0.4, -0.2) is 50.1 Å². The Morgan fingerprint density at radius 2 is 1.59 bits per heavy atom. The number of amides is 2. The third-order valence-electron chi connectivity index (χ3n) is 6.00. The summed E-state index contributed by atoms with van der Waals surface area (Å²) in [6, 6.07) is 13.4. The van der Waals surface area contributed by atoms with E-state index < -0.39 is 0 Å². The van der Waals surface area contributed by atoms with Gasteiger partial charge in [0.05, 0.1) is 20.6 Å². The summed E-state index contributed by atoms with van der Waals surface area (Å²) in [6.07, 6.45) is 1.82. The van der Waals surface area contributed by atoms with Gasteiger partial charge < -0.3 is 19.7 Å². The van der Waals surface area contributed by atoms with E-state index in [1.54, 1.807) is 14.2 Å². The fourth-order valence-corrected chi connectivity index (χ4v) is 3.94. The summed E-state index contributed by atoms with van der Waals surface area (Å²) < 4.78 is 10.6. The minimum Gasteiger partial charge on any atom is -0.493 e. The van der Waals surface area contributed by atoms with Crippen molar-refractivity contribution in [3.8, 4) is 11.5 Å². The highest BCUT2D eigenvalue weighted by molar-refractivity contribution is 5.94. The maximum atomic E-state index is 12.8. The molecule has 0 bridgehead atoms. The van der Waals surface area contributed by atoms with Crippen molar-refractivity contribution in [1.82, 2.24) is 10.2 Å². The molecule has 0 aliphatic carbocycles. The molecule has 2 aromatic carbocycles. The van der Waals surface area contributed by atoms with Crippen molar-refractivity contribution >= 4 is 11.8 Å². The monoisotopic (exact) mass is 438 g/mol.